The molecule has 0 aromatic heterocycles. The summed E-state index contributed by atoms with van der Waals surface area (Å²) < 4.78 is 0. The quantitative estimate of drug-likeness (QED) is 0.622. The van der Waals surface area contributed by atoms with Crippen LogP contribution in [-0.4, -0.2) is 56.3 Å². The molecule has 2 atom stereocenters. The van der Waals surface area contributed by atoms with Crippen molar-refractivity contribution in [3.63, 3.8) is 0 Å². The number of amides is 2. The molecule has 1 aliphatic heterocycles. The Hall–Kier alpha value is -2.57. The summed E-state index contributed by atoms with van der Waals surface area (Å²) in [7, 11) is 3.94. The van der Waals surface area contributed by atoms with Gasteiger partial charge in [-0.25, -0.2) is 4.79 Å². The molecule has 2 aromatic carbocycles. The molecular weight excluding hydrogens is 376 g/mol. The first-order valence-corrected chi connectivity index (χ1v) is 10.7. The third kappa shape index (κ3) is 5.97. The van der Waals surface area contributed by atoms with Gasteiger partial charge in [-0.15, -0.1) is 0 Å². The van der Waals surface area contributed by atoms with Crippen LogP contribution in [0.4, 0.5) is 16.2 Å². The van der Waals surface area contributed by atoms with Crippen LogP contribution >= 0.6 is 0 Å². The van der Waals surface area contributed by atoms with Crippen molar-refractivity contribution in [2.45, 2.75) is 25.9 Å². The van der Waals surface area contributed by atoms with Crippen molar-refractivity contribution in [2.24, 2.45) is 5.92 Å². The van der Waals surface area contributed by atoms with Gasteiger partial charge < -0.3 is 25.5 Å². The van der Waals surface area contributed by atoms with E-state index in [1.54, 1.807) is 0 Å². The van der Waals surface area contributed by atoms with Gasteiger partial charge in [-0.3, -0.25) is 0 Å². The van der Waals surface area contributed by atoms with Crippen LogP contribution in [0.1, 0.15) is 30.1 Å². The van der Waals surface area contributed by atoms with Gasteiger partial charge in [0.25, 0.3) is 0 Å². The Morgan fingerprint density at radius 1 is 1.13 bits per heavy atom. The number of benzene rings is 2. The van der Waals surface area contributed by atoms with Crippen molar-refractivity contribution >= 4 is 17.4 Å². The fourth-order valence-corrected chi connectivity index (χ4v) is 4.02. The largest absolute Gasteiger partial charge is 0.388 e. The van der Waals surface area contributed by atoms with E-state index in [9.17, 15) is 9.90 Å². The summed E-state index contributed by atoms with van der Waals surface area (Å²) in [6.45, 7) is 5.27. The molecule has 0 radical (unpaired) electrons. The van der Waals surface area contributed by atoms with Gasteiger partial charge in [-0.05, 0) is 63.2 Å². The number of aliphatic hydroxyl groups is 1. The van der Waals surface area contributed by atoms with Crippen LogP contribution in [0.2, 0.25) is 0 Å². The van der Waals surface area contributed by atoms with Crippen molar-refractivity contribution in [3.8, 4) is 0 Å². The lowest BCUT2D eigenvalue weighted by Crippen LogP contribution is -2.39. The summed E-state index contributed by atoms with van der Waals surface area (Å²) >= 11 is 0. The number of nitrogens with one attached hydrogen (secondary N) is 2. The van der Waals surface area contributed by atoms with Crippen molar-refractivity contribution in [2.75, 3.05) is 50.5 Å². The number of aryl methyl sites for hydroxylation is 1. The van der Waals surface area contributed by atoms with Gasteiger partial charge in [0.15, 0.2) is 0 Å². The predicted octanol–water partition coefficient (Wildman–Crippen LogP) is 3.63. The highest BCUT2D eigenvalue weighted by Gasteiger charge is 2.22. The second-order valence-electron chi connectivity index (χ2n) is 8.41. The molecule has 162 valence electrons. The first-order valence-electron chi connectivity index (χ1n) is 10.7. The minimum Gasteiger partial charge on any atom is -0.388 e. The number of anilines is 2. The van der Waals surface area contributed by atoms with Crippen LogP contribution in [-0.2, 0) is 0 Å². The summed E-state index contributed by atoms with van der Waals surface area (Å²) in [6, 6.07) is 15.5. The summed E-state index contributed by atoms with van der Waals surface area (Å²) in [4.78, 5) is 16.9. The molecule has 1 heterocycles. The standard InChI is InChI=1S/C24H34N4O2/c1-18-15-21(28-13-7-8-14-28)11-12-22(18)26-24(30)25-16-20(17-27(2)3)23(29)19-9-5-4-6-10-19/h4-6,9-12,15,20,23,29H,7-8,13-14,16-17H2,1-3H3,(H2,25,26,30)/t20-,23+/m0/s1. The summed E-state index contributed by atoms with van der Waals surface area (Å²) in [5.41, 5.74) is 3.93. The van der Waals surface area contributed by atoms with Crippen molar-refractivity contribution in [1.82, 2.24) is 10.2 Å². The molecule has 30 heavy (non-hydrogen) atoms. The van der Waals surface area contributed by atoms with E-state index in [1.807, 2.05) is 62.3 Å². The van der Waals surface area contributed by atoms with Crippen molar-refractivity contribution in [3.05, 3.63) is 59.7 Å². The Balaban J connectivity index is 1.58. The molecule has 1 fully saturated rings. The van der Waals surface area contributed by atoms with Crippen LogP contribution in [0.3, 0.4) is 0 Å². The molecule has 3 rings (SSSR count). The Kier molecular flexibility index (Phi) is 7.71. The van der Waals surface area contributed by atoms with Crippen LogP contribution < -0.4 is 15.5 Å². The molecule has 6 heteroatoms. The van der Waals surface area contributed by atoms with Gasteiger partial charge in [0.1, 0.15) is 0 Å². The van der Waals surface area contributed by atoms with E-state index < -0.39 is 6.10 Å². The highest BCUT2D eigenvalue weighted by Crippen LogP contribution is 2.26. The normalized spacial score (nSPS) is 15.8. The molecule has 0 bridgehead atoms. The molecule has 0 unspecified atom stereocenters. The van der Waals surface area contributed by atoms with Gasteiger partial charge in [0.05, 0.1) is 6.10 Å². The fraction of sp³-hybridized carbons (Fsp3) is 0.458. The first kappa shape index (κ1) is 22.1. The van der Waals surface area contributed by atoms with Gasteiger partial charge in [0.2, 0.25) is 0 Å². The number of hydrogen-bond acceptors (Lipinski definition) is 4. The monoisotopic (exact) mass is 410 g/mol. The van der Waals surface area contributed by atoms with Gasteiger partial charge >= 0.3 is 6.03 Å². The third-order valence-electron chi connectivity index (χ3n) is 5.64. The topological polar surface area (TPSA) is 67.8 Å². The van der Waals surface area contributed by atoms with E-state index in [-0.39, 0.29) is 11.9 Å². The lowest BCUT2D eigenvalue weighted by Gasteiger charge is -2.26. The summed E-state index contributed by atoms with van der Waals surface area (Å²) in [6.07, 6.45) is 1.84. The molecule has 2 amide bonds. The Labute approximate surface area is 179 Å². The molecule has 1 saturated heterocycles. The van der Waals surface area contributed by atoms with E-state index in [1.165, 1.54) is 18.5 Å². The molecule has 0 spiro atoms. The minimum absolute atomic E-state index is 0.119. The van der Waals surface area contributed by atoms with Gasteiger partial charge in [0, 0.05) is 43.5 Å². The average Bonchev–Trinajstić information content (AvgIpc) is 3.27. The maximum Gasteiger partial charge on any atom is 0.319 e. The highest BCUT2D eigenvalue weighted by atomic mass is 16.3. The molecule has 3 N–H and O–H groups in total. The Morgan fingerprint density at radius 2 is 1.83 bits per heavy atom. The number of carbonyl (C=O) groups excluding carboxylic acids is 1. The maximum absolute atomic E-state index is 12.5. The molecule has 2 aromatic rings. The fourth-order valence-electron chi connectivity index (χ4n) is 4.02. The van der Waals surface area contributed by atoms with Gasteiger partial charge in [-0.1, -0.05) is 30.3 Å². The number of urea groups is 1. The van der Waals surface area contributed by atoms with E-state index in [4.69, 9.17) is 0 Å². The zero-order valence-electron chi connectivity index (χ0n) is 18.3. The smallest absolute Gasteiger partial charge is 0.319 e. The molecule has 6 nitrogen and oxygen atoms in total. The number of aliphatic hydroxyl groups excluding tert-OH is 1. The lowest BCUT2D eigenvalue weighted by atomic mass is 9.95. The zero-order chi connectivity index (χ0) is 21.5. The second kappa shape index (κ2) is 10.5. The minimum atomic E-state index is -0.643. The number of rotatable bonds is 8. The van der Waals surface area contributed by atoms with E-state index >= 15 is 0 Å². The molecule has 0 aliphatic carbocycles. The maximum atomic E-state index is 12.5. The van der Waals surface area contributed by atoms with Crippen molar-refractivity contribution < 1.29 is 9.90 Å². The van der Waals surface area contributed by atoms with Crippen LogP contribution in [0.5, 0.6) is 0 Å². The van der Waals surface area contributed by atoms with Crippen LogP contribution in [0.25, 0.3) is 0 Å². The van der Waals surface area contributed by atoms with Crippen molar-refractivity contribution in [1.29, 1.82) is 0 Å². The Morgan fingerprint density at radius 3 is 2.47 bits per heavy atom. The molecular formula is C24H34N4O2. The third-order valence-corrected chi connectivity index (χ3v) is 5.64. The van der Waals surface area contributed by atoms with Crippen LogP contribution in [0.15, 0.2) is 48.5 Å². The predicted molar refractivity (Wildman–Crippen MR) is 123 cm³/mol. The Bertz CT molecular complexity index is 819. The summed E-state index contributed by atoms with van der Waals surface area (Å²) in [5.74, 6) is -0.119. The first-order chi connectivity index (χ1) is 14.4. The van der Waals surface area contributed by atoms with Gasteiger partial charge in [-0.2, -0.15) is 0 Å². The number of nitrogens with zero attached hydrogens (tertiary/aromatic N) is 2. The van der Waals surface area contributed by atoms with E-state index in [0.717, 1.165) is 29.9 Å². The average molecular weight is 411 g/mol. The lowest BCUT2D eigenvalue weighted by molar-refractivity contribution is 0.0911. The number of hydrogen-bond donors (Lipinski definition) is 3. The van der Waals surface area contributed by atoms with E-state index in [0.29, 0.717) is 13.1 Å². The number of carbonyl (C=O) groups is 1. The molecule has 1 aliphatic rings. The van der Waals surface area contributed by atoms with Crippen LogP contribution in [0, 0.1) is 12.8 Å². The second-order valence-corrected chi connectivity index (χ2v) is 8.41. The summed E-state index contributed by atoms with van der Waals surface area (Å²) in [5, 5.41) is 16.7. The molecule has 0 saturated carbocycles. The SMILES string of the molecule is Cc1cc(N2CCCC2)ccc1NC(=O)NC[C@@H](CN(C)C)[C@H](O)c1ccccc1. The zero-order valence-corrected chi connectivity index (χ0v) is 18.3. The van der Waals surface area contributed by atoms with E-state index in [2.05, 4.69) is 27.7 Å². The highest BCUT2D eigenvalue weighted by molar-refractivity contribution is 5.90.